The van der Waals surface area contributed by atoms with Crippen molar-refractivity contribution >= 4 is 23.1 Å². The van der Waals surface area contributed by atoms with E-state index in [1.807, 2.05) is 72.5 Å². The number of amides is 1. The number of carbonyl (C=O) groups is 1. The molecule has 162 valence electrons. The minimum absolute atomic E-state index is 0.00727. The van der Waals surface area contributed by atoms with E-state index < -0.39 is 11.2 Å². The third-order valence-electron chi connectivity index (χ3n) is 5.11. The summed E-state index contributed by atoms with van der Waals surface area (Å²) in [4.78, 5) is 43.8. The van der Waals surface area contributed by atoms with E-state index in [-0.39, 0.29) is 37.0 Å². The van der Waals surface area contributed by atoms with Crippen molar-refractivity contribution in [3.05, 3.63) is 87.1 Å². The number of nitrogens with two attached hydrogens (primary N) is 1. The number of aromatic nitrogens is 2. The Morgan fingerprint density at radius 1 is 0.968 bits per heavy atom. The summed E-state index contributed by atoms with van der Waals surface area (Å²) in [6, 6.07) is 18.9. The summed E-state index contributed by atoms with van der Waals surface area (Å²) in [5, 5.41) is 0. The van der Waals surface area contributed by atoms with Crippen molar-refractivity contribution < 1.29 is 4.79 Å². The van der Waals surface area contributed by atoms with Gasteiger partial charge in [0.1, 0.15) is 5.82 Å². The number of anilines is 3. The maximum Gasteiger partial charge on any atom is 0.330 e. The van der Waals surface area contributed by atoms with Crippen LogP contribution in [0, 0.1) is 0 Å². The molecule has 31 heavy (non-hydrogen) atoms. The number of aromatic amines is 1. The largest absolute Gasteiger partial charge is 0.383 e. The highest BCUT2D eigenvalue weighted by molar-refractivity contribution is 5.98. The zero-order chi connectivity index (χ0) is 22.4. The van der Waals surface area contributed by atoms with Crippen molar-refractivity contribution in [2.75, 3.05) is 35.2 Å². The molecule has 0 atom stereocenters. The van der Waals surface area contributed by atoms with E-state index in [1.54, 1.807) is 6.92 Å². The molecule has 3 N–H and O–H groups in total. The van der Waals surface area contributed by atoms with E-state index in [4.69, 9.17) is 5.73 Å². The van der Waals surface area contributed by atoms with Gasteiger partial charge in [0, 0.05) is 18.8 Å². The highest BCUT2D eigenvalue weighted by atomic mass is 16.2. The molecule has 1 aromatic heterocycles. The van der Waals surface area contributed by atoms with Crippen LogP contribution in [0.5, 0.6) is 0 Å². The predicted octanol–water partition coefficient (Wildman–Crippen LogP) is 2.05. The average Bonchev–Trinajstić information content (AvgIpc) is 2.78. The van der Waals surface area contributed by atoms with Crippen LogP contribution in [-0.4, -0.2) is 35.1 Å². The highest BCUT2D eigenvalue weighted by Gasteiger charge is 2.24. The molecule has 0 saturated heterocycles. The quantitative estimate of drug-likeness (QED) is 0.579. The van der Waals surface area contributed by atoms with Crippen molar-refractivity contribution in [1.82, 2.24) is 9.55 Å². The van der Waals surface area contributed by atoms with E-state index in [2.05, 4.69) is 4.98 Å². The Hall–Kier alpha value is -3.81. The molecular formula is C23H27N5O3. The van der Waals surface area contributed by atoms with Crippen molar-refractivity contribution in [3.8, 4) is 0 Å². The minimum Gasteiger partial charge on any atom is -0.383 e. The molecule has 8 heteroatoms. The van der Waals surface area contributed by atoms with Crippen LogP contribution in [0.15, 0.2) is 70.3 Å². The summed E-state index contributed by atoms with van der Waals surface area (Å²) in [5.41, 5.74) is 6.72. The lowest BCUT2D eigenvalue weighted by atomic mass is 10.2. The summed E-state index contributed by atoms with van der Waals surface area (Å²) in [7, 11) is 0. The third-order valence-corrected chi connectivity index (χ3v) is 5.11. The van der Waals surface area contributed by atoms with Crippen LogP contribution in [0.1, 0.15) is 19.4 Å². The number of para-hydroxylation sites is 1. The van der Waals surface area contributed by atoms with E-state index in [0.717, 1.165) is 11.3 Å². The Kier molecular flexibility index (Phi) is 6.92. The van der Waals surface area contributed by atoms with E-state index >= 15 is 0 Å². The summed E-state index contributed by atoms with van der Waals surface area (Å²) in [5.74, 6) is -0.314. The van der Waals surface area contributed by atoms with Crippen LogP contribution in [-0.2, 0) is 11.3 Å². The molecule has 0 aliphatic heterocycles. The fourth-order valence-corrected chi connectivity index (χ4v) is 3.49. The van der Waals surface area contributed by atoms with Crippen molar-refractivity contribution in [2.45, 2.75) is 20.4 Å². The van der Waals surface area contributed by atoms with Gasteiger partial charge in [0.05, 0.1) is 13.1 Å². The van der Waals surface area contributed by atoms with Crippen molar-refractivity contribution in [2.24, 2.45) is 0 Å². The Labute approximate surface area is 180 Å². The summed E-state index contributed by atoms with van der Waals surface area (Å²) in [6.45, 7) is 4.84. The summed E-state index contributed by atoms with van der Waals surface area (Å²) in [6.07, 6.45) is 0. The van der Waals surface area contributed by atoms with Gasteiger partial charge < -0.3 is 15.5 Å². The van der Waals surface area contributed by atoms with Gasteiger partial charge in [-0.1, -0.05) is 48.5 Å². The lowest BCUT2D eigenvalue weighted by Crippen LogP contribution is -2.45. The molecule has 2 aromatic carbocycles. The monoisotopic (exact) mass is 421 g/mol. The van der Waals surface area contributed by atoms with Gasteiger partial charge >= 0.3 is 5.69 Å². The van der Waals surface area contributed by atoms with Gasteiger partial charge in [0.2, 0.25) is 5.91 Å². The first-order valence-electron chi connectivity index (χ1n) is 10.2. The van der Waals surface area contributed by atoms with Gasteiger partial charge in [0.25, 0.3) is 5.56 Å². The zero-order valence-electron chi connectivity index (χ0n) is 17.7. The molecule has 0 unspecified atom stereocenters. The number of likely N-dealkylation sites (N-methyl/N-ethyl adjacent to an activating group) is 2. The fourth-order valence-electron chi connectivity index (χ4n) is 3.49. The fraction of sp³-hybridized carbons (Fsp3) is 0.261. The molecule has 3 rings (SSSR count). The number of rotatable bonds is 8. The molecule has 8 nitrogen and oxygen atoms in total. The van der Waals surface area contributed by atoms with Crippen LogP contribution in [0.2, 0.25) is 0 Å². The molecular weight excluding hydrogens is 394 g/mol. The second-order valence-corrected chi connectivity index (χ2v) is 7.05. The number of nitrogens with zero attached hydrogens (tertiary/aromatic N) is 3. The zero-order valence-corrected chi connectivity index (χ0v) is 17.7. The first-order chi connectivity index (χ1) is 15.0. The lowest BCUT2D eigenvalue weighted by Gasteiger charge is -2.28. The summed E-state index contributed by atoms with van der Waals surface area (Å²) >= 11 is 0. The molecule has 0 fully saturated rings. The maximum absolute atomic E-state index is 13.2. The molecule has 3 aromatic rings. The standard InChI is InChI=1S/C23H27N5O3/c1-3-26(18-13-9-6-10-14-18)16-19(29)27(4-2)20-21(24)28(23(31)25-22(20)30)15-17-11-7-5-8-12-17/h5-14H,3-4,15-16,24H2,1-2H3,(H,25,30,31). The van der Waals surface area contributed by atoms with Crippen LogP contribution in [0.3, 0.4) is 0 Å². The topological polar surface area (TPSA) is 104 Å². The molecule has 0 bridgehead atoms. The lowest BCUT2D eigenvalue weighted by molar-refractivity contribution is -0.117. The smallest absolute Gasteiger partial charge is 0.330 e. The average molecular weight is 422 g/mol. The summed E-state index contributed by atoms with van der Waals surface area (Å²) < 4.78 is 1.27. The van der Waals surface area contributed by atoms with Crippen LogP contribution < -0.4 is 26.8 Å². The van der Waals surface area contributed by atoms with Gasteiger partial charge in [-0.15, -0.1) is 0 Å². The second-order valence-electron chi connectivity index (χ2n) is 7.05. The molecule has 1 heterocycles. The van der Waals surface area contributed by atoms with Gasteiger partial charge in [0.15, 0.2) is 5.69 Å². The molecule has 0 aliphatic rings. The van der Waals surface area contributed by atoms with Crippen LogP contribution in [0.25, 0.3) is 0 Å². The first kappa shape index (κ1) is 21.9. The number of nitrogen functional groups attached to an aromatic ring is 1. The van der Waals surface area contributed by atoms with Gasteiger partial charge in [-0.05, 0) is 31.5 Å². The maximum atomic E-state index is 13.2. The normalized spacial score (nSPS) is 10.6. The van der Waals surface area contributed by atoms with E-state index in [1.165, 1.54) is 9.47 Å². The SMILES string of the molecule is CCN(CC(=O)N(CC)c1c(N)n(Cc2ccccc2)c(=O)[nH]c1=O)c1ccccc1. The Balaban J connectivity index is 1.95. The predicted molar refractivity (Wildman–Crippen MR) is 124 cm³/mol. The van der Waals surface area contributed by atoms with E-state index in [9.17, 15) is 14.4 Å². The highest BCUT2D eigenvalue weighted by Crippen LogP contribution is 2.19. The number of hydrogen-bond acceptors (Lipinski definition) is 5. The number of nitrogens with one attached hydrogen (secondary N) is 1. The van der Waals surface area contributed by atoms with E-state index in [0.29, 0.717) is 6.54 Å². The molecule has 1 amide bonds. The Morgan fingerprint density at radius 2 is 1.58 bits per heavy atom. The molecule has 0 spiro atoms. The number of hydrogen-bond donors (Lipinski definition) is 2. The van der Waals surface area contributed by atoms with Crippen LogP contribution >= 0.6 is 0 Å². The first-order valence-corrected chi connectivity index (χ1v) is 10.2. The molecule has 0 radical (unpaired) electrons. The van der Waals surface area contributed by atoms with Gasteiger partial charge in [-0.25, -0.2) is 4.79 Å². The third kappa shape index (κ3) is 4.85. The van der Waals surface area contributed by atoms with Crippen molar-refractivity contribution in [1.29, 1.82) is 0 Å². The number of carbonyl (C=O) groups excluding carboxylic acids is 1. The van der Waals surface area contributed by atoms with Crippen LogP contribution in [0.4, 0.5) is 17.2 Å². The molecule has 0 aliphatic carbocycles. The Bertz CT molecular complexity index is 1140. The minimum atomic E-state index is -0.676. The Morgan fingerprint density at radius 3 is 2.16 bits per heavy atom. The molecule has 0 saturated carbocycles. The number of H-pyrrole nitrogens is 1. The van der Waals surface area contributed by atoms with Gasteiger partial charge in [-0.2, -0.15) is 0 Å². The van der Waals surface area contributed by atoms with Gasteiger partial charge in [-0.3, -0.25) is 19.1 Å². The second kappa shape index (κ2) is 9.80. The van der Waals surface area contributed by atoms with Crippen molar-refractivity contribution in [3.63, 3.8) is 0 Å². The number of benzene rings is 2.